The number of nitrogens with one attached hydrogen (secondary N) is 1. The van der Waals surface area contributed by atoms with Crippen LogP contribution < -0.4 is 5.32 Å². The molecular formula is C16H11Cl3N2. The Bertz CT molecular complexity index is 803. The van der Waals surface area contributed by atoms with Crippen LogP contribution in [0.4, 0.5) is 5.69 Å². The van der Waals surface area contributed by atoms with Crippen molar-refractivity contribution < 1.29 is 0 Å². The molecule has 2 aromatic carbocycles. The first-order chi connectivity index (χ1) is 10.1. The van der Waals surface area contributed by atoms with E-state index in [1.807, 2.05) is 36.4 Å². The number of anilines is 1. The predicted molar refractivity (Wildman–Crippen MR) is 90.5 cm³/mol. The molecule has 0 atom stereocenters. The summed E-state index contributed by atoms with van der Waals surface area (Å²) in [5.41, 5.74) is 2.67. The smallest absolute Gasteiger partial charge is 0.0934 e. The van der Waals surface area contributed by atoms with Gasteiger partial charge in [0.1, 0.15) is 0 Å². The molecule has 0 fully saturated rings. The van der Waals surface area contributed by atoms with Crippen LogP contribution in [-0.4, -0.2) is 4.98 Å². The Kier molecular flexibility index (Phi) is 4.20. The minimum Gasteiger partial charge on any atom is -0.379 e. The van der Waals surface area contributed by atoms with E-state index >= 15 is 0 Å². The third-order valence-electron chi connectivity index (χ3n) is 3.17. The van der Waals surface area contributed by atoms with Gasteiger partial charge in [-0.3, -0.25) is 4.98 Å². The van der Waals surface area contributed by atoms with Crippen molar-refractivity contribution in [2.24, 2.45) is 0 Å². The molecule has 21 heavy (non-hydrogen) atoms. The molecule has 0 spiro atoms. The molecule has 5 heteroatoms. The van der Waals surface area contributed by atoms with Crippen LogP contribution in [0.2, 0.25) is 15.1 Å². The summed E-state index contributed by atoms with van der Waals surface area (Å²) < 4.78 is 0. The highest BCUT2D eigenvalue weighted by Gasteiger charge is 2.07. The number of halogens is 3. The summed E-state index contributed by atoms with van der Waals surface area (Å²) in [5, 5.41) is 6.08. The normalized spacial score (nSPS) is 10.8. The molecule has 0 radical (unpaired) electrons. The molecule has 0 unspecified atom stereocenters. The van der Waals surface area contributed by atoms with Crippen LogP contribution in [0, 0.1) is 0 Å². The number of hydrogen-bond donors (Lipinski definition) is 1. The monoisotopic (exact) mass is 336 g/mol. The van der Waals surface area contributed by atoms with E-state index in [1.54, 1.807) is 12.3 Å². The molecule has 0 saturated carbocycles. The third-order valence-corrected chi connectivity index (χ3v) is 4.25. The fraction of sp³-hybridized carbons (Fsp3) is 0.0625. The van der Waals surface area contributed by atoms with E-state index in [-0.39, 0.29) is 0 Å². The molecule has 1 aromatic heterocycles. The molecule has 0 aliphatic carbocycles. The van der Waals surface area contributed by atoms with Crippen LogP contribution in [0.25, 0.3) is 10.9 Å². The summed E-state index contributed by atoms with van der Waals surface area (Å²) in [4.78, 5) is 4.39. The van der Waals surface area contributed by atoms with Gasteiger partial charge >= 0.3 is 0 Å². The number of fused-ring (bicyclic) bond motifs is 1. The molecule has 3 aromatic rings. The van der Waals surface area contributed by atoms with Gasteiger partial charge in [0, 0.05) is 23.2 Å². The van der Waals surface area contributed by atoms with Gasteiger partial charge in [-0.2, -0.15) is 0 Å². The van der Waals surface area contributed by atoms with Crippen molar-refractivity contribution >= 4 is 51.4 Å². The minimum atomic E-state index is 0.546. The minimum absolute atomic E-state index is 0.546. The van der Waals surface area contributed by atoms with Crippen LogP contribution in [0.1, 0.15) is 5.56 Å². The molecule has 0 saturated heterocycles. The van der Waals surface area contributed by atoms with E-state index in [1.165, 1.54) is 0 Å². The maximum absolute atomic E-state index is 6.20. The molecule has 1 heterocycles. The lowest BCUT2D eigenvalue weighted by Gasteiger charge is -2.11. The second-order valence-corrected chi connectivity index (χ2v) is 5.82. The summed E-state index contributed by atoms with van der Waals surface area (Å²) in [6.45, 7) is 0.547. The van der Waals surface area contributed by atoms with E-state index in [4.69, 9.17) is 34.8 Å². The van der Waals surface area contributed by atoms with E-state index < -0.39 is 0 Å². The SMILES string of the molecule is Clc1cc(NCc2cccc(Cl)c2Cl)c2ncccc2c1. The fourth-order valence-corrected chi connectivity index (χ4v) is 2.78. The predicted octanol–water partition coefficient (Wildman–Crippen LogP) is 5.81. The highest BCUT2D eigenvalue weighted by Crippen LogP contribution is 2.29. The molecule has 2 nitrogen and oxygen atoms in total. The van der Waals surface area contributed by atoms with Crippen molar-refractivity contribution in [1.29, 1.82) is 0 Å². The highest BCUT2D eigenvalue weighted by molar-refractivity contribution is 6.42. The first-order valence-electron chi connectivity index (χ1n) is 6.36. The zero-order valence-corrected chi connectivity index (χ0v) is 13.2. The number of aromatic nitrogens is 1. The fourth-order valence-electron chi connectivity index (χ4n) is 2.17. The number of pyridine rings is 1. The third kappa shape index (κ3) is 3.08. The molecule has 106 valence electrons. The van der Waals surface area contributed by atoms with E-state index in [9.17, 15) is 0 Å². The topological polar surface area (TPSA) is 24.9 Å². The molecule has 0 amide bonds. The Hall–Kier alpha value is -1.48. The van der Waals surface area contributed by atoms with Crippen molar-refractivity contribution in [2.45, 2.75) is 6.54 Å². The summed E-state index contributed by atoms with van der Waals surface area (Å²) in [5.74, 6) is 0. The Labute approximate surface area is 137 Å². The van der Waals surface area contributed by atoms with Gasteiger partial charge in [-0.1, -0.05) is 53.0 Å². The maximum atomic E-state index is 6.20. The quantitative estimate of drug-likeness (QED) is 0.652. The van der Waals surface area contributed by atoms with Gasteiger partial charge in [0.05, 0.1) is 21.2 Å². The van der Waals surface area contributed by atoms with Crippen molar-refractivity contribution in [2.75, 3.05) is 5.32 Å². The van der Waals surface area contributed by atoms with Gasteiger partial charge in [-0.25, -0.2) is 0 Å². The van der Waals surface area contributed by atoms with Gasteiger partial charge in [-0.15, -0.1) is 0 Å². The molecule has 0 aliphatic rings. The van der Waals surface area contributed by atoms with Gasteiger partial charge in [0.2, 0.25) is 0 Å². The van der Waals surface area contributed by atoms with E-state index in [0.29, 0.717) is 21.6 Å². The average molecular weight is 338 g/mol. The molecule has 0 aliphatic heterocycles. The number of benzene rings is 2. The highest BCUT2D eigenvalue weighted by atomic mass is 35.5. The van der Waals surface area contributed by atoms with Crippen molar-refractivity contribution in [3.8, 4) is 0 Å². The number of hydrogen-bond acceptors (Lipinski definition) is 2. The van der Waals surface area contributed by atoms with Crippen molar-refractivity contribution in [3.05, 3.63) is 69.3 Å². The molecular weight excluding hydrogens is 327 g/mol. The lowest BCUT2D eigenvalue weighted by molar-refractivity contribution is 1.15. The van der Waals surface area contributed by atoms with E-state index in [2.05, 4.69) is 10.3 Å². The largest absolute Gasteiger partial charge is 0.379 e. The molecule has 3 rings (SSSR count). The van der Waals surface area contributed by atoms with Crippen molar-refractivity contribution in [3.63, 3.8) is 0 Å². The zero-order valence-electron chi connectivity index (χ0n) is 10.9. The lowest BCUT2D eigenvalue weighted by Crippen LogP contribution is -2.01. The Morgan fingerprint density at radius 2 is 1.86 bits per heavy atom. The number of rotatable bonds is 3. The van der Waals surface area contributed by atoms with Gasteiger partial charge < -0.3 is 5.32 Å². The summed E-state index contributed by atoms with van der Waals surface area (Å²) in [6.07, 6.45) is 1.76. The van der Waals surface area contributed by atoms with E-state index in [0.717, 1.165) is 22.2 Å². The van der Waals surface area contributed by atoms with Crippen LogP contribution in [-0.2, 0) is 6.54 Å². The van der Waals surface area contributed by atoms with Gasteiger partial charge in [-0.05, 0) is 29.8 Å². The number of nitrogens with zero attached hydrogens (tertiary/aromatic N) is 1. The maximum Gasteiger partial charge on any atom is 0.0934 e. The van der Waals surface area contributed by atoms with Gasteiger partial charge in [0.15, 0.2) is 0 Å². The first kappa shape index (κ1) is 14.5. The average Bonchev–Trinajstić information content (AvgIpc) is 2.48. The molecule has 1 N–H and O–H groups in total. The summed E-state index contributed by atoms with van der Waals surface area (Å²) >= 11 is 18.4. The van der Waals surface area contributed by atoms with Crippen molar-refractivity contribution in [1.82, 2.24) is 4.98 Å². The second-order valence-electron chi connectivity index (χ2n) is 4.59. The van der Waals surface area contributed by atoms with Crippen LogP contribution in [0.3, 0.4) is 0 Å². The standard InChI is InChI=1S/C16H11Cl3N2/c17-12-7-10-4-2-6-20-16(10)14(8-12)21-9-11-3-1-5-13(18)15(11)19/h1-8,21H,9H2. The Morgan fingerprint density at radius 1 is 1.00 bits per heavy atom. The summed E-state index contributed by atoms with van der Waals surface area (Å²) in [6, 6.07) is 13.2. The molecule has 0 bridgehead atoms. The Morgan fingerprint density at radius 3 is 2.71 bits per heavy atom. The van der Waals surface area contributed by atoms with Gasteiger partial charge in [0.25, 0.3) is 0 Å². The summed E-state index contributed by atoms with van der Waals surface area (Å²) in [7, 11) is 0. The van der Waals surface area contributed by atoms with Crippen LogP contribution >= 0.6 is 34.8 Å². The Balaban J connectivity index is 1.93. The zero-order chi connectivity index (χ0) is 14.8. The van der Waals surface area contributed by atoms with Crippen LogP contribution in [0.15, 0.2) is 48.7 Å². The van der Waals surface area contributed by atoms with Crippen LogP contribution in [0.5, 0.6) is 0 Å². The second kappa shape index (κ2) is 6.10. The lowest BCUT2D eigenvalue weighted by atomic mass is 10.1. The first-order valence-corrected chi connectivity index (χ1v) is 7.49.